The number of aromatic nitrogens is 2. The van der Waals surface area contributed by atoms with Crippen LogP contribution in [-0.4, -0.2) is 63.7 Å². The van der Waals surface area contributed by atoms with Gasteiger partial charge in [-0.05, 0) is 52.7 Å². The number of piperidine rings is 2. The van der Waals surface area contributed by atoms with E-state index in [4.69, 9.17) is 9.47 Å². The summed E-state index contributed by atoms with van der Waals surface area (Å²) in [6, 6.07) is 4.50. The topological polar surface area (TPSA) is 101 Å². The van der Waals surface area contributed by atoms with Crippen molar-refractivity contribution in [2.75, 3.05) is 23.7 Å². The van der Waals surface area contributed by atoms with Gasteiger partial charge in [-0.2, -0.15) is 13.8 Å². The van der Waals surface area contributed by atoms with E-state index in [2.05, 4.69) is 53.6 Å². The highest BCUT2D eigenvalue weighted by Crippen LogP contribution is 2.35. The molecular formula is C27H37F3N6O3. The fourth-order valence-corrected chi connectivity index (χ4v) is 5.61. The molecule has 0 bridgehead atoms. The van der Waals surface area contributed by atoms with E-state index < -0.39 is 12.4 Å². The largest absolute Gasteiger partial charge is 0.486 e. The van der Waals surface area contributed by atoms with Crippen LogP contribution in [0.4, 0.5) is 30.6 Å². The lowest BCUT2D eigenvalue weighted by Gasteiger charge is -2.46. The third kappa shape index (κ3) is 7.87. The van der Waals surface area contributed by atoms with Crippen LogP contribution in [0.15, 0.2) is 24.4 Å². The van der Waals surface area contributed by atoms with Gasteiger partial charge >= 0.3 is 6.61 Å². The summed E-state index contributed by atoms with van der Waals surface area (Å²) in [6.45, 7) is 7.95. The second kappa shape index (κ2) is 11.4. The molecule has 2 aromatic rings. The van der Waals surface area contributed by atoms with Crippen molar-refractivity contribution in [1.82, 2.24) is 20.2 Å². The lowest BCUT2D eigenvalue weighted by Crippen LogP contribution is -2.60. The molecule has 3 N–H and O–H groups in total. The summed E-state index contributed by atoms with van der Waals surface area (Å²) in [5.74, 6) is -0.415. The molecule has 2 aliphatic rings. The van der Waals surface area contributed by atoms with E-state index in [1.807, 2.05) is 0 Å². The smallest absolute Gasteiger partial charge is 0.387 e. The summed E-state index contributed by atoms with van der Waals surface area (Å²) < 4.78 is 51.7. The van der Waals surface area contributed by atoms with Crippen LogP contribution >= 0.6 is 0 Å². The summed E-state index contributed by atoms with van der Waals surface area (Å²) in [5, 5.41) is 9.74. The number of hydrogen-bond acceptors (Lipinski definition) is 8. The fraction of sp³-hybridized carbons (Fsp3) is 0.593. The predicted molar refractivity (Wildman–Crippen MR) is 142 cm³/mol. The number of carbonyl (C=O) groups excluding carboxylic acids is 1. The van der Waals surface area contributed by atoms with E-state index in [0.717, 1.165) is 19.0 Å². The molecule has 1 aromatic heterocycles. The van der Waals surface area contributed by atoms with Crippen molar-refractivity contribution in [2.24, 2.45) is 0 Å². The van der Waals surface area contributed by atoms with Gasteiger partial charge in [-0.15, -0.1) is 0 Å². The van der Waals surface area contributed by atoms with Crippen LogP contribution in [0.1, 0.15) is 60.3 Å². The van der Waals surface area contributed by atoms with Gasteiger partial charge in [0.2, 0.25) is 11.9 Å². The van der Waals surface area contributed by atoms with Crippen LogP contribution in [0, 0.1) is 5.82 Å². The molecule has 2 saturated heterocycles. The van der Waals surface area contributed by atoms with Crippen LogP contribution in [0.3, 0.4) is 0 Å². The number of hydrogen-bond donors (Lipinski definition) is 3. The van der Waals surface area contributed by atoms with Crippen LogP contribution in [0.25, 0.3) is 0 Å². The summed E-state index contributed by atoms with van der Waals surface area (Å²) >= 11 is 0. The Morgan fingerprint density at radius 1 is 1.13 bits per heavy atom. The van der Waals surface area contributed by atoms with E-state index in [0.29, 0.717) is 31.6 Å². The molecule has 0 radical (unpaired) electrons. The highest BCUT2D eigenvalue weighted by Gasteiger charge is 2.38. The molecule has 0 aliphatic carbocycles. The number of carbonyl (C=O) groups is 1. The van der Waals surface area contributed by atoms with Gasteiger partial charge in [0, 0.05) is 61.7 Å². The van der Waals surface area contributed by atoms with Crippen molar-refractivity contribution in [3.63, 3.8) is 0 Å². The van der Waals surface area contributed by atoms with E-state index in [1.54, 1.807) is 11.0 Å². The molecule has 2 fully saturated rings. The SMILES string of the molecule is CC(=O)N1CCC(Oc2ccc(Nc3ncc(F)c(NC4CC(C)(C)NC(C)(C)C4)n3)cc2OC(F)F)CC1. The number of halogens is 3. The minimum Gasteiger partial charge on any atom is -0.486 e. The number of anilines is 3. The van der Waals surface area contributed by atoms with E-state index in [9.17, 15) is 18.0 Å². The van der Waals surface area contributed by atoms with Crippen molar-refractivity contribution in [3.8, 4) is 11.5 Å². The molecular weight excluding hydrogens is 513 g/mol. The van der Waals surface area contributed by atoms with Crippen molar-refractivity contribution in [1.29, 1.82) is 0 Å². The molecule has 0 spiro atoms. The van der Waals surface area contributed by atoms with Crippen LogP contribution < -0.4 is 25.4 Å². The van der Waals surface area contributed by atoms with Crippen molar-refractivity contribution < 1.29 is 27.4 Å². The summed E-state index contributed by atoms with van der Waals surface area (Å²) in [6.07, 6.45) is 3.53. The zero-order valence-corrected chi connectivity index (χ0v) is 23.0. The molecule has 0 saturated carbocycles. The monoisotopic (exact) mass is 550 g/mol. The standard InChI is InChI=1S/C27H37F3N6O3/c1-16(37)36-10-8-19(9-11-36)38-21-7-6-17(12-22(21)39-24(29)30)33-25-31-15-20(28)23(34-25)32-18-13-26(2,3)35-27(4,5)14-18/h6-7,12,15,18-19,24,35H,8-11,13-14H2,1-5H3,(H2,31,32,33,34). The maximum absolute atomic E-state index is 14.6. The third-order valence-corrected chi connectivity index (χ3v) is 6.87. The van der Waals surface area contributed by atoms with E-state index in [1.165, 1.54) is 19.1 Å². The van der Waals surface area contributed by atoms with Crippen molar-refractivity contribution in [3.05, 3.63) is 30.2 Å². The Morgan fingerprint density at radius 3 is 2.41 bits per heavy atom. The maximum Gasteiger partial charge on any atom is 0.387 e. The van der Waals surface area contributed by atoms with Gasteiger partial charge < -0.3 is 30.3 Å². The summed E-state index contributed by atoms with van der Waals surface area (Å²) in [4.78, 5) is 21.6. The molecule has 4 rings (SSSR count). The first kappa shape index (κ1) is 28.7. The number of amides is 1. The number of benzene rings is 1. The fourth-order valence-electron chi connectivity index (χ4n) is 5.61. The Labute approximate surface area is 226 Å². The second-order valence-corrected chi connectivity index (χ2v) is 11.5. The normalized spacial score (nSPS) is 19.6. The predicted octanol–water partition coefficient (Wildman–Crippen LogP) is 5.07. The minimum atomic E-state index is -3.06. The Kier molecular flexibility index (Phi) is 8.43. The number of nitrogens with one attached hydrogen (secondary N) is 3. The number of ether oxygens (including phenoxy) is 2. The first-order chi connectivity index (χ1) is 18.3. The van der Waals surface area contributed by atoms with Crippen LogP contribution in [0.2, 0.25) is 0 Å². The molecule has 12 heteroatoms. The molecule has 0 unspecified atom stereocenters. The van der Waals surface area contributed by atoms with Gasteiger partial charge in [-0.3, -0.25) is 4.79 Å². The molecule has 1 amide bonds. The van der Waals surface area contributed by atoms with Gasteiger partial charge in [0.05, 0.1) is 6.20 Å². The van der Waals surface area contributed by atoms with Gasteiger partial charge in [-0.1, -0.05) is 0 Å². The summed E-state index contributed by atoms with van der Waals surface area (Å²) in [5.41, 5.74) is 0.0877. The Bertz CT molecular complexity index is 1160. The number of alkyl halides is 2. The Balaban J connectivity index is 1.47. The zero-order chi connectivity index (χ0) is 28.4. The molecule has 2 aliphatic heterocycles. The van der Waals surface area contributed by atoms with Crippen LogP contribution in [0.5, 0.6) is 11.5 Å². The lowest BCUT2D eigenvalue weighted by molar-refractivity contribution is -0.130. The van der Waals surface area contributed by atoms with Gasteiger partial charge in [0.25, 0.3) is 0 Å². The number of likely N-dealkylation sites (tertiary alicyclic amines) is 1. The van der Waals surface area contributed by atoms with Crippen molar-refractivity contribution >= 4 is 23.4 Å². The first-order valence-corrected chi connectivity index (χ1v) is 13.1. The zero-order valence-electron chi connectivity index (χ0n) is 23.0. The highest BCUT2D eigenvalue weighted by atomic mass is 19.3. The molecule has 9 nitrogen and oxygen atoms in total. The molecule has 3 heterocycles. The quantitative estimate of drug-likeness (QED) is 0.419. The Morgan fingerprint density at radius 2 is 1.79 bits per heavy atom. The lowest BCUT2D eigenvalue weighted by atomic mass is 9.79. The highest BCUT2D eigenvalue weighted by molar-refractivity contribution is 5.73. The third-order valence-electron chi connectivity index (χ3n) is 6.87. The maximum atomic E-state index is 14.6. The molecule has 39 heavy (non-hydrogen) atoms. The molecule has 1 aromatic carbocycles. The minimum absolute atomic E-state index is 0.00426. The first-order valence-electron chi connectivity index (χ1n) is 13.1. The number of nitrogens with zero attached hydrogens (tertiary/aromatic N) is 3. The second-order valence-electron chi connectivity index (χ2n) is 11.5. The molecule has 214 valence electrons. The van der Waals surface area contributed by atoms with E-state index >= 15 is 0 Å². The van der Waals surface area contributed by atoms with Crippen molar-refractivity contribution in [2.45, 2.75) is 90.1 Å². The average molecular weight is 551 g/mol. The van der Waals surface area contributed by atoms with E-state index in [-0.39, 0.29) is 52.4 Å². The summed E-state index contributed by atoms with van der Waals surface area (Å²) in [7, 11) is 0. The molecule has 0 atom stereocenters. The number of rotatable bonds is 8. The Hall–Kier alpha value is -3.28. The van der Waals surface area contributed by atoms with Gasteiger partial charge in [0.15, 0.2) is 23.1 Å². The average Bonchev–Trinajstić information content (AvgIpc) is 2.81. The van der Waals surface area contributed by atoms with Gasteiger partial charge in [-0.25, -0.2) is 9.37 Å². The van der Waals surface area contributed by atoms with Crippen LogP contribution in [-0.2, 0) is 4.79 Å². The van der Waals surface area contributed by atoms with Gasteiger partial charge in [0.1, 0.15) is 6.10 Å².